The summed E-state index contributed by atoms with van der Waals surface area (Å²) >= 11 is 6.37. The Bertz CT molecular complexity index is 652. The van der Waals surface area contributed by atoms with Crippen LogP contribution < -0.4 is 10.1 Å². The number of aryl methyl sites for hydroxylation is 2. The molecule has 0 saturated heterocycles. The third-order valence-corrected chi connectivity index (χ3v) is 4.27. The Kier molecular flexibility index (Phi) is 4.92. The van der Waals surface area contributed by atoms with Crippen LogP contribution in [-0.2, 0) is 0 Å². The Hall–Kier alpha value is -1.51. The van der Waals surface area contributed by atoms with E-state index < -0.39 is 0 Å². The molecule has 112 valence electrons. The van der Waals surface area contributed by atoms with Crippen LogP contribution in [0.5, 0.6) is 11.5 Å². The topological polar surface area (TPSA) is 21.3 Å². The van der Waals surface area contributed by atoms with Crippen LogP contribution in [0.1, 0.15) is 35.2 Å². The van der Waals surface area contributed by atoms with Crippen molar-refractivity contribution in [3.63, 3.8) is 0 Å². The fraction of sp³-hybridized carbons (Fsp3) is 0.333. The highest BCUT2D eigenvalue weighted by molar-refractivity contribution is 6.32. The van der Waals surface area contributed by atoms with Crippen LogP contribution in [0.2, 0.25) is 5.02 Å². The Balaban J connectivity index is 2.35. The molecule has 0 fully saturated rings. The molecular formula is C18H22ClNO. The quantitative estimate of drug-likeness (QED) is 0.823. The largest absolute Gasteiger partial charge is 0.455 e. The summed E-state index contributed by atoms with van der Waals surface area (Å²) in [6.45, 7) is 8.30. The van der Waals surface area contributed by atoms with Crippen molar-refractivity contribution in [2.75, 3.05) is 7.05 Å². The van der Waals surface area contributed by atoms with Crippen molar-refractivity contribution in [2.24, 2.45) is 0 Å². The van der Waals surface area contributed by atoms with Crippen molar-refractivity contribution >= 4 is 11.6 Å². The highest BCUT2D eigenvalue weighted by Crippen LogP contribution is 2.35. The third-order valence-electron chi connectivity index (χ3n) is 3.97. The zero-order valence-corrected chi connectivity index (χ0v) is 14.0. The van der Waals surface area contributed by atoms with Gasteiger partial charge in [0, 0.05) is 6.04 Å². The van der Waals surface area contributed by atoms with Gasteiger partial charge in [-0.3, -0.25) is 0 Å². The molecule has 0 aliphatic carbocycles. The van der Waals surface area contributed by atoms with E-state index in [9.17, 15) is 0 Å². The van der Waals surface area contributed by atoms with Crippen LogP contribution in [0.4, 0.5) is 0 Å². The lowest BCUT2D eigenvalue weighted by Gasteiger charge is -2.16. The molecule has 2 rings (SSSR count). The maximum absolute atomic E-state index is 6.37. The van der Waals surface area contributed by atoms with E-state index in [1.54, 1.807) is 0 Å². The second-order valence-corrected chi connectivity index (χ2v) is 5.86. The summed E-state index contributed by atoms with van der Waals surface area (Å²) in [4.78, 5) is 0. The second-order valence-electron chi connectivity index (χ2n) is 5.46. The molecule has 0 aliphatic rings. The summed E-state index contributed by atoms with van der Waals surface area (Å²) in [5, 5.41) is 3.84. The normalized spacial score (nSPS) is 12.3. The average Bonchev–Trinajstić information content (AvgIpc) is 2.48. The lowest BCUT2D eigenvalue weighted by Crippen LogP contribution is -2.12. The van der Waals surface area contributed by atoms with E-state index in [-0.39, 0.29) is 6.04 Å². The van der Waals surface area contributed by atoms with E-state index in [0.717, 1.165) is 22.4 Å². The minimum atomic E-state index is 0.263. The van der Waals surface area contributed by atoms with Gasteiger partial charge in [0.05, 0.1) is 5.02 Å². The highest BCUT2D eigenvalue weighted by Gasteiger charge is 2.12. The first-order chi connectivity index (χ1) is 9.93. The Morgan fingerprint density at radius 1 is 1.05 bits per heavy atom. The minimum absolute atomic E-state index is 0.263. The number of hydrogen-bond donors (Lipinski definition) is 1. The predicted molar refractivity (Wildman–Crippen MR) is 89.7 cm³/mol. The highest BCUT2D eigenvalue weighted by atomic mass is 35.5. The summed E-state index contributed by atoms with van der Waals surface area (Å²) < 4.78 is 6.07. The molecule has 0 aromatic heterocycles. The maximum atomic E-state index is 6.37. The zero-order valence-electron chi connectivity index (χ0n) is 13.3. The first kappa shape index (κ1) is 15.9. The van der Waals surface area contributed by atoms with Crippen molar-refractivity contribution in [1.29, 1.82) is 0 Å². The van der Waals surface area contributed by atoms with Gasteiger partial charge in [-0.25, -0.2) is 0 Å². The van der Waals surface area contributed by atoms with E-state index >= 15 is 0 Å². The summed E-state index contributed by atoms with van der Waals surface area (Å²) in [7, 11) is 1.93. The molecule has 1 unspecified atom stereocenters. The molecule has 1 atom stereocenters. The molecule has 0 heterocycles. The van der Waals surface area contributed by atoms with Crippen molar-refractivity contribution in [3.8, 4) is 11.5 Å². The van der Waals surface area contributed by atoms with Crippen LogP contribution in [0.3, 0.4) is 0 Å². The fourth-order valence-electron chi connectivity index (χ4n) is 2.23. The SMILES string of the molecule is CNC(C)c1ccc(Oc2c(C)ccc(C)c2C)c(Cl)c1. The smallest absolute Gasteiger partial charge is 0.146 e. The second kappa shape index (κ2) is 6.50. The molecule has 2 aromatic carbocycles. The Labute approximate surface area is 132 Å². The Morgan fingerprint density at radius 2 is 1.71 bits per heavy atom. The first-order valence-corrected chi connectivity index (χ1v) is 7.53. The number of ether oxygens (including phenoxy) is 1. The molecule has 0 aliphatic heterocycles. The lowest BCUT2D eigenvalue weighted by atomic mass is 10.1. The summed E-state index contributed by atoms with van der Waals surface area (Å²) in [5.74, 6) is 1.59. The first-order valence-electron chi connectivity index (χ1n) is 7.15. The van der Waals surface area contributed by atoms with Gasteiger partial charge in [-0.2, -0.15) is 0 Å². The molecule has 0 spiro atoms. The van der Waals surface area contributed by atoms with Gasteiger partial charge in [-0.1, -0.05) is 29.8 Å². The van der Waals surface area contributed by atoms with Crippen LogP contribution in [-0.4, -0.2) is 7.05 Å². The number of nitrogens with one attached hydrogen (secondary N) is 1. The van der Waals surface area contributed by atoms with Crippen molar-refractivity contribution in [1.82, 2.24) is 5.32 Å². The van der Waals surface area contributed by atoms with E-state index in [1.807, 2.05) is 32.2 Å². The monoisotopic (exact) mass is 303 g/mol. The summed E-state index contributed by atoms with van der Waals surface area (Å²) in [6, 6.07) is 10.4. The molecule has 0 bridgehead atoms. The van der Waals surface area contributed by atoms with E-state index in [0.29, 0.717) is 10.8 Å². The fourth-order valence-corrected chi connectivity index (χ4v) is 2.46. The van der Waals surface area contributed by atoms with Gasteiger partial charge < -0.3 is 10.1 Å². The van der Waals surface area contributed by atoms with Gasteiger partial charge in [0.25, 0.3) is 0 Å². The lowest BCUT2D eigenvalue weighted by molar-refractivity contribution is 0.474. The standard InChI is InChI=1S/C18H22ClNO/c1-11-6-7-12(2)18(13(11)3)21-17-9-8-15(10-16(17)19)14(4)20-5/h6-10,14,20H,1-5H3. The van der Waals surface area contributed by atoms with Gasteiger partial charge >= 0.3 is 0 Å². The molecule has 3 heteroatoms. The van der Waals surface area contributed by atoms with Crippen LogP contribution in [0.25, 0.3) is 0 Å². The number of rotatable bonds is 4. The predicted octanol–water partition coefficient (Wildman–Crippen LogP) is 5.34. The van der Waals surface area contributed by atoms with Crippen molar-refractivity contribution < 1.29 is 4.74 Å². The van der Waals surface area contributed by atoms with Gasteiger partial charge in [0.2, 0.25) is 0 Å². The summed E-state index contributed by atoms with van der Waals surface area (Å²) in [6.07, 6.45) is 0. The Morgan fingerprint density at radius 3 is 2.33 bits per heavy atom. The molecule has 0 amide bonds. The average molecular weight is 304 g/mol. The van der Waals surface area contributed by atoms with E-state index in [4.69, 9.17) is 16.3 Å². The molecule has 0 saturated carbocycles. The molecule has 2 aromatic rings. The maximum Gasteiger partial charge on any atom is 0.146 e. The molecule has 1 N–H and O–H groups in total. The van der Waals surface area contributed by atoms with Crippen LogP contribution >= 0.6 is 11.6 Å². The van der Waals surface area contributed by atoms with Gasteiger partial charge in [-0.05, 0) is 69.1 Å². The van der Waals surface area contributed by atoms with E-state index in [2.05, 4.69) is 38.2 Å². The summed E-state index contributed by atoms with van der Waals surface area (Å²) in [5.41, 5.74) is 4.63. The molecular weight excluding hydrogens is 282 g/mol. The number of halogens is 1. The van der Waals surface area contributed by atoms with Crippen molar-refractivity contribution in [3.05, 3.63) is 57.6 Å². The van der Waals surface area contributed by atoms with E-state index in [1.165, 1.54) is 5.56 Å². The van der Waals surface area contributed by atoms with Gasteiger partial charge in [0.1, 0.15) is 11.5 Å². The molecule has 0 radical (unpaired) electrons. The van der Waals surface area contributed by atoms with Gasteiger partial charge in [-0.15, -0.1) is 0 Å². The number of benzene rings is 2. The zero-order chi connectivity index (χ0) is 15.6. The molecule has 21 heavy (non-hydrogen) atoms. The van der Waals surface area contributed by atoms with Crippen LogP contribution in [0, 0.1) is 20.8 Å². The van der Waals surface area contributed by atoms with Gasteiger partial charge in [0.15, 0.2) is 0 Å². The third kappa shape index (κ3) is 3.39. The van der Waals surface area contributed by atoms with Crippen LogP contribution in [0.15, 0.2) is 30.3 Å². The minimum Gasteiger partial charge on any atom is -0.455 e. The molecule has 2 nitrogen and oxygen atoms in total. The number of hydrogen-bond acceptors (Lipinski definition) is 2. The van der Waals surface area contributed by atoms with Crippen molar-refractivity contribution in [2.45, 2.75) is 33.7 Å².